The summed E-state index contributed by atoms with van der Waals surface area (Å²) in [5, 5.41) is 14.4. The zero-order valence-corrected chi connectivity index (χ0v) is 28.5. The van der Waals surface area contributed by atoms with E-state index in [1.807, 2.05) is 18.2 Å². The van der Waals surface area contributed by atoms with Crippen LogP contribution in [0.2, 0.25) is 0 Å². The Balaban J connectivity index is 1.28. The lowest BCUT2D eigenvalue weighted by Crippen LogP contribution is -2.29. The van der Waals surface area contributed by atoms with E-state index in [2.05, 4.69) is 76.8 Å². The van der Waals surface area contributed by atoms with Gasteiger partial charge in [-0.2, -0.15) is 0 Å². The third-order valence-electron chi connectivity index (χ3n) is 7.90. The number of anilines is 2. The summed E-state index contributed by atoms with van der Waals surface area (Å²) in [6, 6.07) is 21.7. The Kier molecular flexibility index (Phi) is 12.0. The van der Waals surface area contributed by atoms with Crippen LogP contribution in [0.15, 0.2) is 77.2 Å². The van der Waals surface area contributed by atoms with Crippen molar-refractivity contribution in [2.24, 2.45) is 13.0 Å². The van der Waals surface area contributed by atoms with Crippen molar-refractivity contribution in [1.82, 2.24) is 20.2 Å². The Bertz CT molecular complexity index is 1640. The Labute approximate surface area is 280 Å². The molecular weight excluding hydrogens is 613 g/mol. The molecule has 0 saturated carbocycles. The summed E-state index contributed by atoms with van der Waals surface area (Å²) in [4.78, 5) is 16.6. The van der Waals surface area contributed by atoms with Gasteiger partial charge in [-0.15, -0.1) is 5.10 Å². The van der Waals surface area contributed by atoms with Gasteiger partial charge in [0.2, 0.25) is 5.82 Å². The molecule has 1 amide bonds. The number of nitrogens with one attached hydrogen (secondary N) is 1. The smallest absolute Gasteiger partial charge is 0.251 e. The van der Waals surface area contributed by atoms with Crippen LogP contribution in [0.5, 0.6) is 5.75 Å². The summed E-state index contributed by atoms with van der Waals surface area (Å²) in [6.45, 7) is 10.1. The van der Waals surface area contributed by atoms with Crippen molar-refractivity contribution in [2.75, 3.05) is 43.1 Å². The van der Waals surface area contributed by atoms with E-state index in [9.17, 15) is 9.35 Å². The van der Waals surface area contributed by atoms with Gasteiger partial charge in [0.25, 0.3) is 5.91 Å². The van der Waals surface area contributed by atoms with Crippen molar-refractivity contribution in [1.29, 1.82) is 0 Å². The third-order valence-corrected chi connectivity index (χ3v) is 9.21. The SMILES string of the molecule is CCCCOCCOc1ccc(-c2ccc3c(c2)C=C(C(=O)Nc2ccc([S+]([O-])Cc4nnnn4C)cc2)CCN3CC(C)C)cc1. The predicted molar refractivity (Wildman–Crippen MR) is 187 cm³/mol. The van der Waals surface area contributed by atoms with Crippen molar-refractivity contribution in [3.8, 4) is 16.9 Å². The predicted octanol–water partition coefficient (Wildman–Crippen LogP) is 6.27. The Morgan fingerprint density at radius 1 is 1.02 bits per heavy atom. The van der Waals surface area contributed by atoms with Crippen molar-refractivity contribution in [3.05, 3.63) is 83.7 Å². The van der Waals surface area contributed by atoms with Gasteiger partial charge in [-0.1, -0.05) is 45.4 Å². The van der Waals surface area contributed by atoms with Gasteiger partial charge in [0.05, 0.1) is 6.61 Å². The molecular formula is C36H44N6O4S. The summed E-state index contributed by atoms with van der Waals surface area (Å²) in [7, 11) is 1.72. The molecule has 1 aliphatic rings. The van der Waals surface area contributed by atoms with Gasteiger partial charge in [0, 0.05) is 43.7 Å². The number of carbonyl (C=O) groups excluding carboxylic acids is 1. The number of benzene rings is 3. The molecule has 0 spiro atoms. The number of ether oxygens (including phenoxy) is 2. The molecule has 0 radical (unpaired) electrons. The molecule has 0 aliphatic carbocycles. The number of amides is 1. The Morgan fingerprint density at radius 3 is 2.49 bits per heavy atom. The third kappa shape index (κ3) is 9.43. The van der Waals surface area contributed by atoms with E-state index in [0.717, 1.165) is 60.7 Å². The molecule has 1 atom stereocenters. The zero-order valence-electron chi connectivity index (χ0n) is 27.6. The summed E-state index contributed by atoms with van der Waals surface area (Å²) in [5.41, 5.74) is 5.64. The molecule has 2 heterocycles. The lowest BCUT2D eigenvalue weighted by molar-refractivity contribution is -0.112. The highest BCUT2D eigenvalue weighted by molar-refractivity contribution is 7.90. The van der Waals surface area contributed by atoms with Gasteiger partial charge in [-0.25, -0.2) is 4.68 Å². The van der Waals surface area contributed by atoms with Crippen LogP contribution in [0.3, 0.4) is 0 Å². The first-order valence-electron chi connectivity index (χ1n) is 16.2. The number of carbonyl (C=O) groups is 1. The van der Waals surface area contributed by atoms with Gasteiger partial charge >= 0.3 is 0 Å². The Morgan fingerprint density at radius 2 is 1.79 bits per heavy atom. The fourth-order valence-electron chi connectivity index (χ4n) is 5.37. The molecule has 47 heavy (non-hydrogen) atoms. The normalized spacial score (nSPS) is 13.6. The number of hydrogen-bond donors (Lipinski definition) is 1. The zero-order chi connectivity index (χ0) is 33.2. The average Bonchev–Trinajstić information content (AvgIpc) is 3.38. The topological polar surface area (TPSA) is 117 Å². The van der Waals surface area contributed by atoms with Gasteiger partial charge in [-0.3, -0.25) is 4.79 Å². The van der Waals surface area contributed by atoms with E-state index in [-0.39, 0.29) is 11.7 Å². The number of fused-ring (bicyclic) bond motifs is 1. The van der Waals surface area contributed by atoms with E-state index in [1.165, 1.54) is 4.68 Å². The number of unbranched alkanes of at least 4 members (excludes halogenated alkanes) is 1. The number of nitrogens with zero attached hydrogens (tertiary/aromatic N) is 5. The minimum atomic E-state index is -1.31. The minimum Gasteiger partial charge on any atom is -0.611 e. The second-order valence-electron chi connectivity index (χ2n) is 12.1. The highest BCUT2D eigenvalue weighted by Crippen LogP contribution is 2.34. The summed E-state index contributed by atoms with van der Waals surface area (Å²) >= 11 is -1.31. The van der Waals surface area contributed by atoms with Crippen molar-refractivity contribution < 1.29 is 18.8 Å². The van der Waals surface area contributed by atoms with Crippen LogP contribution in [-0.4, -0.2) is 63.6 Å². The number of aromatic nitrogens is 4. The largest absolute Gasteiger partial charge is 0.611 e. The number of aryl methyl sites for hydroxylation is 1. The molecule has 248 valence electrons. The first kappa shape index (κ1) is 34.2. The van der Waals surface area contributed by atoms with Crippen molar-refractivity contribution in [3.63, 3.8) is 0 Å². The standard InChI is InChI=1S/C36H44N6O4S/c1-5-6-19-45-20-21-46-32-12-7-27(8-13-32)28-9-16-34-30(22-28)23-29(17-18-42(34)24-26(2)3)36(43)37-31-10-14-33(15-11-31)47(44)25-35-38-39-40-41(35)4/h7-16,22-23,26H,5-6,17-21,24-25H2,1-4H3,(H,37,43). The molecule has 1 aliphatic heterocycles. The maximum atomic E-state index is 13.6. The van der Waals surface area contributed by atoms with Crippen LogP contribution in [0.1, 0.15) is 51.4 Å². The second kappa shape index (κ2) is 16.6. The van der Waals surface area contributed by atoms with E-state index < -0.39 is 11.2 Å². The summed E-state index contributed by atoms with van der Waals surface area (Å²) in [6.07, 6.45) is 4.82. The molecule has 11 heteroatoms. The fourth-order valence-corrected chi connectivity index (χ4v) is 6.45. The van der Waals surface area contributed by atoms with E-state index >= 15 is 0 Å². The first-order valence-corrected chi connectivity index (χ1v) is 17.5. The van der Waals surface area contributed by atoms with Gasteiger partial charge in [-0.05, 0) is 112 Å². The summed E-state index contributed by atoms with van der Waals surface area (Å²) < 4.78 is 25.8. The minimum absolute atomic E-state index is 0.146. The maximum Gasteiger partial charge on any atom is 0.251 e. The highest BCUT2D eigenvalue weighted by Gasteiger charge is 2.22. The van der Waals surface area contributed by atoms with Gasteiger partial charge in [0.15, 0.2) is 10.6 Å². The van der Waals surface area contributed by atoms with Crippen LogP contribution < -0.4 is 15.0 Å². The molecule has 0 saturated heterocycles. The molecule has 3 aromatic carbocycles. The molecule has 1 aromatic heterocycles. The van der Waals surface area contributed by atoms with Gasteiger partial charge < -0.3 is 24.2 Å². The maximum absolute atomic E-state index is 13.6. The highest BCUT2D eigenvalue weighted by atomic mass is 32.2. The van der Waals surface area contributed by atoms with Gasteiger partial charge in [0.1, 0.15) is 12.4 Å². The number of rotatable bonds is 15. The molecule has 10 nitrogen and oxygen atoms in total. The van der Waals surface area contributed by atoms with Crippen LogP contribution in [-0.2, 0) is 33.5 Å². The molecule has 0 fully saturated rings. The number of tetrazole rings is 1. The van der Waals surface area contributed by atoms with Crippen LogP contribution >= 0.6 is 0 Å². The Hall–Kier alpha value is -4.19. The average molecular weight is 657 g/mol. The summed E-state index contributed by atoms with van der Waals surface area (Å²) in [5.74, 6) is 1.89. The van der Waals surface area contributed by atoms with Crippen molar-refractivity contribution in [2.45, 2.75) is 50.7 Å². The van der Waals surface area contributed by atoms with Crippen LogP contribution in [0.4, 0.5) is 11.4 Å². The molecule has 1 N–H and O–H groups in total. The van der Waals surface area contributed by atoms with E-state index in [4.69, 9.17) is 9.47 Å². The van der Waals surface area contributed by atoms with E-state index in [0.29, 0.717) is 47.5 Å². The van der Waals surface area contributed by atoms with Crippen LogP contribution in [0.25, 0.3) is 17.2 Å². The van der Waals surface area contributed by atoms with Crippen molar-refractivity contribution >= 4 is 34.5 Å². The first-order chi connectivity index (χ1) is 22.8. The molecule has 4 aromatic rings. The van der Waals surface area contributed by atoms with Crippen LogP contribution in [0, 0.1) is 5.92 Å². The second-order valence-corrected chi connectivity index (χ2v) is 13.5. The lowest BCUT2D eigenvalue weighted by Gasteiger charge is -2.27. The fraction of sp³-hybridized carbons (Fsp3) is 0.389. The number of hydrogen-bond acceptors (Lipinski definition) is 8. The lowest BCUT2D eigenvalue weighted by atomic mass is 10.00. The monoisotopic (exact) mass is 656 g/mol. The quantitative estimate of drug-likeness (QED) is 0.118. The molecule has 5 rings (SSSR count). The molecule has 0 bridgehead atoms. The van der Waals surface area contributed by atoms with E-state index in [1.54, 1.807) is 31.3 Å². The molecule has 1 unspecified atom stereocenters.